The zero-order valence-electron chi connectivity index (χ0n) is 11.6. The van der Waals surface area contributed by atoms with Crippen LogP contribution in [0.1, 0.15) is 45.4 Å². The molecule has 1 N–H and O–H groups in total. The van der Waals surface area contributed by atoms with Gasteiger partial charge in [-0.05, 0) is 38.4 Å². The molecule has 3 aliphatic rings. The average molecular weight is 285 g/mol. The monoisotopic (exact) mass is 285 g/mol. The molecule has 1 aliphatic carbocycles. The first kappa shape index (κ1) is 13.7. The van der Waals surface area contributed by atoms with Crippen LogP contribution in [0.5, 0.6) is 0 Å². The van der Waals surface area contributed by atoms with E-state index < -0.39 is 0 Å². The Balaban J connectivity index is 1.50. The van der Waals surface area contributed by atoms with Crippen LogP contribution in [0.3, 0.4) is 0 Å². The SMILES string of the molecule is CC1(C(=O)NC2CCC3(CC2)OCCO3)CCCS1. The second-order valence-electron chi connectivity index (χ2n) is 6.04. The fraction of sp³-hybridized carbons (Fsp3) is 0.929. The summed E-state index contributed by atoms with van der Waals surface area (Å²) in [5.74, 6) is 1.01. The third kappa shape index (κ3) is 2.78. The predicted molar refractivity (Wildman–Crippen MR) is 75.1 cm³/mol. The molecule has 2 heterocycles. The van der Waals surface area contributed by atoms with E-state index in [0.29, 0.717) is 19.3 Å². The topological polar surface area (TPSA) is 47.6 Å². The molecule has 2 aliphatic heterocycles. The van der Waals surface area contributed by atoms with Crippen molar-refractivity contribution in [1.29, 1.82) is 0 Å². The number of carbonyl (C=O) groups is 1. The number of hydrogen-bond acceptors (Lipinski definition) is 4. The van der Waals surface area contributed by atoms with E-state index in [0.717, 1.165) is 44.3 Å². The molecule has 3 fully saturated rings. The maximum atomic E-state index is 12.4. The molecule has 0 aromatic carbocycles. The van der Waals surface area contributed by atoms with Gasteiger partial charge in [-0.15, -0.1) is 11.8 Å². The predicted octanol–water partition coefficient (Wildman–Crippen LogP) is 2.07. The van der Waals surface area contributed by atoms with Crippen LogP contribution in [-0.4, -0.2) is 41.4 Å². The summed E-state index contributed by atoms with van der Waals surface area (Å²) >= 11 is 1.80. The van der Waals surface area contributed by atoms with Crippen molar-refractivity contribution in [2.45, 2.75) is 62.0 Å². The Labute approximate surface area is 119 Å². The molecule has 108 valence electrons. The second kappa shape index (κ2) is 5.26. The Morgan fingerprint density at radius 3 is 2.47 bits per heavy atom. The first-order valence-electron chi connectivity index (χ1n) is 7.35. The Morgan fingerprint density at radius 2 is 1.89 bits per heavy atom. The number of amides is 1. The molecule has 1 amide bonds. The highest BCUT2D eigenvalue weighted by Crippen LogP contribution is 2.39. The summed E-state index contributed by atoms with van der Waals surface area (Å²) in [7, 11) is 0. The first-order valence-corrected chi connectivity index (χ1v) is 8.33. The van der Waals surface area contributed by atoms with Gasteiger partial charge in [0.15, 0.2) is 5.79 Å². The highest BCUT2D eigenvalue weighted by molar-refractivity contribution is 8.01. The Hall–Kier alpha value is -0.260. The van der Waals surface area contributed by atoms with Crippen LogP contribution in [-0.2, 0) is 14.3 Å². The van der Waals surface area contributed by atoms with Gasteiger partial charge < -0.3 is 14.8 Å². The standard InChI is InChI=1S/C14H23NO3S/c1-13(5-2-10-19-13)12(16)15-11-3-6-14(7-4-11)17-8-9-18-14/h11H,2-10H2,1H3,(H,15,16). The van der Waals surface area contributed by atoms with Gasteiger partial charge in [-0.1, -0.05) is 0 Å². The lowest BCUT2D eigenvalue weighted by molar-refractivity contribution is -0.180. The van der Waals surface area contributed by atoms with Gasteiger partial charge in [0, 0.05) is 18.9 Å². The molecular weight excluding hydrogens is 262 g/mol. The molecular formula is C14H23NO3S. The summed E-state index contributed by atoms with van der Waals surface area (Å²) in [5.41, 5.74) is 0. The van der Waals surface area contributed by atoms with E-state index in [4.69, 9.17) is 9.47 Å². The molecule has 2 saturated heterocycles. The number of thioether (sulfide) groups is 1. The molecule has 19 heavy (non-hydrogen) atoms. The molecule has 0 aromatic rings. The largest absolute Gasteiger partial charge is 0.352 e. The molecule has 0 bridgehead atoms. The zero-order valence-corrected chi connectivity index (χ0v) is 12.4. The summed E-state index contributed by atoms with van der Waals surface area (Å²) in [5, 5.41) is 3.24. The summed E-state index contributed by atoms with van der Waals surface area (Å²) in [6.45, 7) is 3.50. The van der Waals surface area contributed by atoms with Crippen LogP contribution in [0.25, 0.3) is 0 Å². The third-order valence-electron chi connectivity index (χ3n) is 4.60. The first-order chi connectivity index (χ1) is 9.12. The van der Waals surface area contributed by atoms with Gasteiger partial charge in [-0.2, -0.15) is 0 Å². The summed E-state index contributed by atoms with van der Waals surface area (Å²) in [4.78, 5) is 12.4. The molecule has 1 spiro atoms. The van der Waals surface area contributed by atoms with Gasteiger partial charge in [0.25, 0.3) is 0 Å². The lowest BCUT2D eigenvalue weighted by Crippen LogP contribution is -2.49. The van der Waals surface area contributed by atoms with Crippen molar-refractivity contribution in [3.8, 4) is 0 Å². The fourth-order valence-corrected chi connectivity index (χ4v) is 4.50. The highest BCUT2D eigenvalue weighted by Gasteiger charge is 2.42. The number of rotatable bonds is 2. The van der Waals surface area contributed by atoms with Crippen LogP contribution in [0.2, 0.25) is 0 Å². The van der Waals surface area contributed by atoms with Crippen LogP contribution < -0.4 is 5.32 Å². The third-order valence-corrected chi connectivity index (χ3v) is 6.11. The number of nitrogens with one attached hydrogen (secondary N) is 1. The number of hydrogen-bond donors (Lipinski definition) is 1. The lowest BCUT2D eigenvalue weighted by Gasteiger charge is -2.36. The maximum absolute atomic E-state index is 12.4. The summed E-state index contributed by atoms with van der Waals surface area (Å²) in [6, 6.07) is 0.295. The minimum absolute atomic E-state index is 0.199. The summed E-state index contributed by atoms with van der Waals surface area (Å²) < 4.78 is 11.2. The van der Waals surface area contributed by atoms with Crippen molar-refractivity contribution >= 4 is 17.7 Å². The Morgan fingerprint density at radius 1 is 1.21 bits per heavy atom. The second-order valence-corrected chi connectivity index (χ2v) is 7.64. The van der Waals surface area contributed by atoms with E-state index in [1.807, 2.05) is 0 Å². The van der Waals surface area contributed by atoms with Gasteiger partial charge in [-0.3, -0.25) is 4.79 Å². The molecule has 0 radical (unpaired) electrons. The van der Waals surface area contributed by atoms with Crippen molar-refractivity contribution < 1.29 is 14.3 Å². The van der Waals surface area contributed by atoms with Crippen LogP contribution >= 0.6 is 11.8 Å². The minimum atomic E-state index is -0.326. The Bertz CT molecular complexity index is 339. The van der Waals surface area contributed by atoms with E-state index in [-0.39, 0.29) is 16.4 Å². The van der Waals surface area contributed by atoms with Crippen molar-refractivity contribution in [3.05, 3.63) is 0 Å². The summed E-state index contributed by atoms with van der Waals surface area (Å²) in [6.07, 6.45) is 5.90. The number of ether oxygens (including phenoxy) is 2. The van der Waals surface area contributed by atoms with Crippen molar-refractivity contribution in [1.82, 2.24) is 5.32 Å². The molecule has 0 aromatic heterocycles. The smallest absolute Gasteiger partial charge is 0.236 e. The number of carbonyl (C=O) groups excluding carboxylic acids is 1. The zero-order chi connectivity index (χ0) is 13.3. The normalized spacial score (nSPS) is 34.8. The van der Waals surface area contributed by atoms with Gasteiger partial charge in [0.2, 0.25) is 5.91 Å². The molecule has 1 unspecified atom stereocenters. The fourth-order valence-electron chi connectivity index (χ4n) is 3.28. The van der Waals surface area contributed by atoms with Crippen molar-refractivity contribution in [2.24, 2.45) is 0 Å². The highest BCUT2D eigenvalue weighted by atomic mass is 32.2. The molecule has 5 heteroatoms. The quantitative estimate of drug-likeness (QED) is 0.844. The minimum Gasteiger partial charge on any atom is -0.352 e. The van der Waals surface area contributed by atoms with E-state index in [9.17, 15) is 4.79 Å². The van der Waals surface area contributed by atoms with Crippen LogP contribution in [0.15, 0.2) is 0 Å². The van der Waals surface area contributed by atoms with Gasteiger partial charge in [0.05, 0.1) is 18.0 Å². The average Bonchev–Trinajstić information content (AvgIpc) is 3.03. The van der Waals surface area contributed by atoms with Crippen LogP contribution in [0.4, 0.5) is 0 Å². The van der Waals surface area contributed by atoms with E-state index in [1.165, 1.54) is 0 Å². The molecule has 1 saturated carbocycles. The van der Waals surface area contributed by atoms with Crippen molar-refractivity contribution in [2.75, 3.05) is 19.0 Å². The van der Waals surface area contributed by atoms with E-state index in [2.05, 4.69) is 12.2 Å². The lowest BCUT2D eigenvalue weighted by atomic mass is 9.89. The van der Waals surface area contributed by atoms with Crippen LogP contribution in [0, 0.1) is 0 Å². The van der Waals surface area contributed by atoms with E-state index in [1.54, 1.807) is 11.8 Å². The van der Waals surface area contributed by atoms with E-state index >= 15 is 0 Å². The van der Waals surface area contributed by atoms with Gasteiger partial charge in [0.1, 0.15) is 0 Å². The van der Waals surface area contributed by atoms with Crippen molar-refractivity contribution in [3.63, 3.8) is 0 Å². The molecule has 1 atom stereocenters. The maximum Gasteiger partial charge on any atom is 0.236 e. The molecule has 3 rings (SSSR count). The van der Waals surface area contributed by atoms with Gasteiger partial charge in [-0.25, -0.2) is 0 Å². The van der Waals surface area contributed by atoms with Gasteiger partial charge >= 0.3 is 0 Å². The Kier molecular flexibility index (Phi) is 3.80. The molecule has 4 nitrogen and oxygen atoms in total.